The van der Waals surface area contributed by atoms with Crippen LogP contribution in [-0.2, 0) is 10.0 Å². The van der Waals surface area contributed by atoms with Crippen LogP contribution in [0.2, 0.25) is 5.02 Å². The van der Waals surface area contributed by atoms with Crippen molar-refractivity contribution in [2.75, 3.05) is 5.32 Å². The topological polar surface area (TPSA) is 106 Å². The standard InChI is InChI=1S/C21H17ClN2O4S/c1-13-6-11-16(12-19(13)29(23,27)28)24-21(26)18-5-3-2-4-17(18)20(25)14-7-9-15(22)10-8-14/h2-12H,1H3,(H,24,26)(H2,23,27,28). The van der Waals surface area contributed by atoms with Gasteiger partial charge in [-0.1, -0.05) is 35.9 Å². The van der Waals surface area contributed by atoms with Gasteiger partial charge in [0, 0.05) is 21.8 Å². The molecule has 0 aromatic heterocycles. The Hall–Kier alpha value is -3.00. The average Bonchev–Trinajstić information content (AvgIpc) is 2.68. The Labute approximate surface area is 173 Å². The first-order valence-corrected chi connectivity index (χ1v) is 10.4. The Kier molecular flexibility index (Phi) is 5.83. The normalized spacial score (nSPS) is 11.1. The zero-order chi connectivity index (χ0) is 21.2. The van der Waals surface area contributed by atoms with E-state index in [2.05, 4.69) is 5.32 Å². The maximum atomic E-state index is 12.8. The number of rotatable bonds is 5. The van der Waals surface area contributed by atoms with Crippen LogP contribution in [0.1, 0.15) is 31.8 Å². The summed E-state index contributed by atoms with van der Waals surface area (Å²) in [6, 6.07) is 17.1. The van der Waals surface area contributed by atoms with Gasteiger partial charge in [0.25, 0.3) is 5.91 Å². The third kappa shape index (κ3) is 4.71. The molecule has 3 rings (SSSR count). The molecule has 0 radical (unpaired) electrons. The molecule has 0 saturated heterocycles. The van der Waals surface area contributed by atoms with E-state index in [0.29, 0.717) is 16.1 Å². The van der Waals surface area contributed by atoms with Crippen LogP contribution in [0.5, 0.6) is 0 Å². The second-order valence-electron chi connectivity index (χ2n) is 6.36. The fourth-order valence-electron chi connectivity index (χ4n) is 2.82. The minimum atomic E-state index is -3.93. The maximum Gasteiger partial charge on any atom is 0.256 e. The summed E-state index contributed by atoms with van der Waals surface area (Å²) < 4.78 is 23.4. The number of halogens is 1. The fraction of sp³-hybridized carbons (Fsp3) is 0.0476. The summed E-state index contributed by atoms with van der Waals surface area (Å²) in [6.07, 6.45) is 0. The van der Waals surface area contributed by atoms with Gasteiger partial charge in [-0.2, -0.15) is 0 Å². The van der Waals surface area contributed by atoms with Gasteiger partial charge in [-0.05, 0) is 55.0 Å². The van der Waals surface area contributed by atoms with Gasteiger partial charge >= 0.3 is 0 Å². The molecule has 0 aliphatic heterocycles. The number of carbonyl (C=O) groups is 2. The molecule has 3 N–H and O–H groups in total. The number of benzene rings is 3. The van der Waals surface area contributed by atoms with Crippen molar-refractivity contribution in [2.24, 2.45) is 5.14 Å². The summed E-state index contributed by atoms with van der Waals surface area (Å²) in [5, 5.41) is 8.33. The zero-order valence-electron chi connectivity index (χ0n) is 15.3. The summed E-state index contributed by atoms with van der Waals surface area (Å²) in [4.78, 5) is 25.6. The summed E-state index contributed by atoms with van der Waals surface area (Å²) in [5.41, 5.74) is 1.47. The van der Waals surface area contributed by atoms with Crippen molar-refractivity contribution in [1.29, 1.82) is 0 Å². The lowest BCUT2D eigenvalue weighted by Gasteiger charge is -2.11. The van der Waals surface area contributed by atoms with Crippen LogP contribution < -0.4 is 10.5 Å². The van der Waals surface area contributed by atoms with Gasteiger partial charge in [0.15, 0.2) is 5.78 Å². The third-order valence-corrected chi connectivity index (χ3v) is 5.58. The van der Waals surface area contributed by atoms with Gasteiger partial charge in [0.1, 0.15) is 0 Å². The molecule has 0 saturated carbocycles. The van der Waals surface area contributed by atoms with Crippen LogP contribution in [0, 0.1) is 6.92 Å². The number of sulfonamides is 1. The maximum absolute atomic E-state index is 12.8. The van der Waals surface area contributed by atoms with Gasteiger partial charge < -0.3 is 5.32 Å². The van der Waals surface area contributed by atoms with E-state index in [9.17, 15) is 18.0 Å². The van der Waals surface area contributed by atoms with Crippen molar-refractivity contribution in [3.63, 3.8) is 0 Å². The van der Waals surface area contributed by atoms with E-state index in [4.69, 9.17) is 16.7 Å². The number of hydrogen-bond acceptors (Lipinski definition) is 4. The zero-order valence-corrected chi connectivity index (χ0v) is 16.9. The van der Waals surface area contributed by atoms with Crippen molar-refractivity contribution < 1.29 is 18.0 Å². The van der Waals surface area contributed by atoms with Gasteiger partial charge in [0.2, 0.25) is 10.0 Å². The van der Waals surface area contributed by atoms with E-state index in [1.165, 1.54) is 12.1 Å². The number of ketones is 1. The Bertz CT molecular complexity index is 1210. The molecule has 8 heteroatoms. The molecule has 0 atom stereocenters. The molecule has 3 aromatic rings. The van der Waals surface area contributed by atoms with Crippen molar-refractivity contribution in [3.05, 3.63) is 94.0 Å². The number of hydrogen-bond donors (Lipinski definition) is 2. The van der Waals surface area contributed by atoms with E-state index in [1.54, 1.807) is 61.5 Å². The van der Waals surface area contributed by atoms with Crippen LogP contribution >= 0.6 is 11.6 Å². The molecular formula is C21H17ClN2O4S. The number of carbonyl (C=O) groups excluding carboxylic acids is 2. The second kappa shape index (κ2) is 8.16. The smallest absolute Gasteiger partial charge is 0.256 e. The summed E-state index contributed by atoms with van der Waals surface area (Å²) >= 11 is 5.86. The summed E-state index contributed by atoms with van der Waals surface area (Å²) in [7, 11) is -3.93. The quantitative estimate of drug-likeness (QED) is 0.603. The Balaban J connectivity index is 1.93. The molecule has 0 heterocycles. The Morgan fingerprint density at radius 1 is 0.931 bits per heavy atom. The molecule has 0 fully saturated rings. The molecule has 1 amide bonds. The van der Waals surface area contributed by atoms with Gasteiger partial charge in [-0.3, -0.25) is 9.59 Å². The monoisotopic (exact) mass is 428 g/mol. The molecule has 0 spiro atoms. The second-order valence-corrected chi connectivity index (χ2v) is 8.33. The molecule has 0 aliphatic rings. The molecule has 29 heavy (non-hydrogen) atoms. The SMILES string of the molecule is Cc1ccc(NC(=O)c2ccccc2C(=O)c2ccc(Cl)cc2)cc1S(N)(=O)=O. The first kappa shape index (κ1) is 20.7. The first-order chi connectivity index (χ1) is 13.7. The number of aryl methyl sites for hydroxylation is 1. The first-order valence-electron chi connectivity index (χ1n) is 8.51. The predicted molar refractivity (Wildman–Crippen MR) is 112 cm³/mol. The largest absolute Gasteiger partial charge is 0.322 e. The fourth-order valence-corrected chi connectivity index (χ4v) is 3.75. The van der Waals surface area contributed by atoms with Crippen molar-refractivity contribution >= 4 is 39.0 Å². The van der Waals surface area contributed by atoms with E-state index in [0.717, 1.165) is 0 Å². The highest BCUT2D eigenvalue weighted by Crippen LogP contribution is 2.21. The number of nitrogens with two attached hydrogens (primary N) is 1. The summed E-state index contributed by atoms with van der Waals surface area (Å²) in [5.74, 6) is -0.881. The lowest BCUT2D eigenvalue weighted by atomic mass is 9.98. The van der Waals surface area contributed by atoms with Crippen molar-refractivity contribution in [3.8, 4) is 0 Å². The van der Waals surface area contributed by atoms with Crippen molar-refractivity contribution in [1.82, 2.24) is 0 Å². The minimum Gasteiger partial charge on any atom is -0.322 e. The van der Waals surface area contributed by atoms with Crippen LogP contribution in [-0.4, -0.2) is 20.1 Å². The van der Waals surface area contributed by atoms with Crippen LogP contribution in [0.4, 0.5) is 5.69 Å². The molecule has 0 aliphatic carbocycles. The highest BCUT2D eigenvalue weighted by atomic mass is 35.5. The molecule has 0 bridgehead atoms. The molecule has 0 unspecified atom stereocenters. The van der Waals surface area contributed by atoms with Crippen LogP contribution in [0.15, 0.2) is 71.6 Å². The molecule has 6 nitrogen and oxygen atoms in total. The molecular weight excluding hydrogens is 412 g/mol. The Morgan fingerprint density at radius 3 is 2.17 bits per heavy atom. The average molecular weight is 429 g/mol. The number of primary sulfonamides is 1. The van der Waals surface area contributed by atoms with E-state index >= 15 is 0 Å². The lowest BCUT2D eigenvalue weighted by molar-refractivity contribution is 0.0996. The van der Waals surface area contributed by atoms with Crippen molar-refractivity contribution in [2.45, 2.75) is 11.8 Å². The number of anilines is 1. The van der Waals surface area contributed by atoms with Gasteiger partial charge in [-0.15, -0.1) is 0 Å². The molecule has 3 aromatic carbocycles. The van der Waals surface area contributed by atoms with E-state index in [-0.39, 0.29) is 27.5 Å². The van der Waals surface area contributed by atoms with E-state index < -0.39 is 15.9 Å². The predicted octanol–water partition coefficient (Wildman–Crippen LogP) is 3.78. The van der Waals surface area contributed by atoms with Gasteiger partial charge in [0.05, 0.1) is 10.5 Å². The number of nitrogens with one attached hydrogen (secondary N) is 1. The van der Waals surface area contributed by atoms with E-state index in [1.807, 2.05) is 0 Å². The third-order valence-electron chi connectivity index (χ3n) is 4.28. The van der Waals surface area contributed by atoms with Gasteiger partial charge in [-0.25, -0.2) is 13.6 Å². The van der Waals surface area contributed by atoms with Crippen LogP contribution in [0.3, 0.4) is 0 Å². The molecule has 148 valence electrons. The highest BCUT2D eigenvalue weighted by molar-refractivity contribution is 7.89. The Morgan fingerprint density at radius 2 is 1.55 bits per heavy atom. The highest BCUT2D eigenvalue weighted by Gasteiger charge is 2.19. The van der Waals surface area contributed by atoms with Crippen LogP contribution in [0.25, 0.3) is 0 Å². The number of amides is 1. The minimum absolute atomic E-state index is 0.0826. The lowest BCUT2D eigenvalue weighted by Crippen LogP contribution is -2.18. The summed E-state index contributed by atoms with van der Waals surface area (Å²) in [6.45, 7) is 1.60.